The minimum absolute atomic E-state index is 0.160. The van der Waals surface area contributed by atoms with E-state index >= 15 is 0 Å². The molecule has 0 aromatic rings. The van der Waals surface area contributed by atoms with Crippen LogP contribution in [0.15, 0.2) is 0 Å². The number of hydrogen-bond acceptors (Lipinski definition) is 4. The Bertz CT molecular complexity index is 455. The first kappa shape index (κ1) is 24.6. The molecule has 2 aliphatic heterocycles. The Morgan fingerprint density at radius 2 is 1.48 bits per heavy atom. The van der Waals surface area contributed by atoms with Gasteiger partial charge in [0.2, 0.25) is 0 Å². The van der Waals surface area contributed by atoms with Crippen LogP contribution in [0.4, 0.5) is 0 Å². The van der Waals surface area contributed by atoms with E-state index in [1.165, 1.54) is 38.5 Å². The molecular weight excluding hydrogens is 368 g/mol. The van der Waals surface area contributed by atoms with E-state index in [1.807, 2.05) is 0 Å². The molecule has 2 heterocycles. The molecule has 0 spiro atoms. The molecule has 0 aliphatic carbocycles. The minimum atomic E-state index is -0.753. The second-order valence-electron chi connectivity index (χ2n) is 9.14. The van der Waals surface area contributed by atoms with Crippen molar-refractivity contribution in [1.29, 1.82) is 0 Å². The predicted molar refractivity (Wildman–Crippen MR) is 115 cm³/mol. The van der Waals surface area contributed by atoms with Crippen LogP contribution in [0, 0.1) is 0 Å². The van der Waals surface area contributed by atoms with E-state index in [4.69, 9.17) is 14.6 Å². The number of fused-ring (bicyclic) bond motifs is 2. The number of rotatable bonds is 17. The summed E-state index contributed by atoms with van der Waals surface area (Å²) in [6.45, 7) is 2.25. The van der Waals surface area contributed by atoms with E-state index in [9.17, 15) is 9.90 Å². The van der Waals surface area contributed by atoms with Gasteiger partial charge in [0, 0.05) is 12.8 Å². The molecule has 0 amide bonds. The van der Waals surface area contributed by atoms with Gasteiger partial charge in [-0.2, -0.15) is 0 Å². The number of unbranched alkanes of at least 4 members (excludes halogenated alkanes) is 11. The van der Waals surface area contributed by atoms with Gasteiger partial charge in [-0.1, -0.05) is 77.6 Å². The van der Waals surface area contributed by atoms with Crippen molar-refractivity contribution in [2.45, 2.75) is 147 Å². The number of carboxylic acids is 1. The molecule has 0 aromatic carbocycles. The van der Waals surface area contributed by atoms with Gasteiger partial charge in [-0.3, -0.25) is 4.79 Å². The Hall–Kier alpha value is -0.650. The molecular formula is C24H44O5. The molecule has 2 N–H and O–H groups in total. The standard InChI is InChI=1S/C24H44O5/c1-2-3-4-5-9-12-15-20-21-17-18-22(25)24(28-20,29-21)19-14-11-8-6-7-10-13-16-23(26)27/h20-22,25H,2-19H2,1H3,(H,26,27)/t20-,21+,22-,24-/m0/s1. The summed E-state index contributed by atoms with van der Waals surface area (Å²) in [5.74, 6) is -1.45. The van der Waals surface area contributed by atoms with Crippen molar-refractivity contribution in [3.8, 4) is 0 Å². The monoisotopic (exact) mass is 412 g/mol. The first-order valence-corrected chi connectivity index (χ1v) is 12.3. The van der Waals surface area contributed by atoms with Crippen LogP contribution in [0.2, 0.25) is 0 Å². The van der Waals surface area contributed by atoms with Crippen LogP contribution < -0.4 is 0 Å². The van der Waals surface area contributed by atoms with Gasteiger partial charge in [0.05, 0.1) is 12.2 Å². The van der Waals surface area contributed by atoms with Crippen LogP contribution in [0.3, 0.4) is 0 Å². The fourth-order valence-electron chi connectivity index (χ4n) is 4.82. The zero-order valence-corrected chi connectivity index (χ0v) is 18.6. The van der Waals surface area contributed by atoms with Crippen LogP contribution in [-0.4, -0.2) is 40.3 Å². The van der Waals surface area contributed by atoms with Gasteiger partial charge in [-0.15, -0.1) is 0 Å². The van der Waals surface area contributed by atoms with E-state index in [2.05, 4.69) is 6.92 Å². The van der Waals surface area contributed by atoms with Gasteiger partial charge in [0.15, 0.2) is 5.79 Å². The molecule has 170 valence electrons. The number of hydrogen-bond donors (Lipinski definition) is 2. The van der Waals surface area contributed by atoms with Crippen molar-refractivity contribution in [3.05, 3.63) is 0 Å². The summed E-state index contributed by atoms with van der Waals surface area (Å²) >= 11 is 0. The Balaban J connectivity index is 1.60. The number of ether oxygens (including phenoxy) is 2. The smallest absolute Gasteiger partial charge is 0.303 e. The highest BCUT2D eigenvalue weighted by atomic mass is 16.8. The fourth-order valence-corrected chi connectivity index (χ4v) is 4.82. The third kappa shape index (κ3) is 8.55. The van der Waals surface area contributed by atoms with Crippen LogP contribution in [0.1, 0.15) is 122 Å². The third-order valence-corrected chi connectivity index (χ3v) is 6.61. The number of aliphatic carboxylic acids is 1. The third-order valence-electron chi connectivity index (χ3n) is 6.61. The van der Waals surface area contributed by atoms with E-state index in [0.717, 1.165) is 70.6 Å². The SMILES string of the molecule is CCCCCCCC[C@@H]1O[C@@]2(CCCCCCCCCC(=O)O)O[C@@H]1CC[C@@H]2O. The van der Waals surface area contributed by atoms with Crippen LogP contribution in [0.5, 0.6) is 0 Å². The molecule has 29 heavy (non-hydrogen) atoms. The van der Waals surface area contributed by atoms with Gasteiger partial charge < -0.3 is 19.7 Å². The van der Waals surface area contributed by atoms with Gasteiger partial charge in [0.1, 0.15) is 6.10 Å². The Morgan fingerprint density at radius 1 is 0.862 bits per heavy atom. The average Bonchev–Trinajstić information content (AvgIpc) is 3.00. The minimum Gasteiger partial charge on any atom is -0.481 e. The summed E-state index contributed by atoms with van der Waals surface area (Å²) < 4.78 is 12.6. The maximum atomic E-state index is 10.6. The molecule has 2 fully saturated rings. The predicted octanol–water partition coefficient (Wildman–Crippen LogP) is 5.97. The molecule has 0 aromatic heterocycles. The summed E-state index contributed by atoms with van der Waals surface area (Å²) in [6, 6.07) is 0. The summed E-state index contributed by atoms with van der Waals surface area (Å²) in [5.41, 5.74) is 0. The maximum absolute atomic E-state index is 10.6. The Morgan fingerprint density at radius 3 is 2.17 bits per heavy atom. The zero-order valence-electron chi connectivity index (χ0n) is 18.6. The van der Waals surface area contributed by atoms with Crippen molar-refractivity contribution in [2.24, 2.45) is 0 Å². The summed E-state index contributed by atoms with van der Waals surface area (Å²) in [7, 11) is 0. The lowest BCUT2D eigenvalue weighted by Crippen LogP contribution is -2.46. The molecule has 5 nitrogen and oxygen atoms in total. The lowest BCUT2D eigenvalue weighted by molar-refractivity contribution is -0.253. The van der Waals surface area contributed by atoms with E-state index < -0.39 is 17.9 Å². The molecule has 4 atom stereocenters. The van der Waals surface area contributed by atoms with Crippen LogP contribution in [-0.2, 0) is 14.3 Å². The second-order valence-corrected chi connectivity index (χ2v) is 9.14. The largest absolute Gasteiger partial charge is 0.481 e. The van der Waals surface area contributed by atoms with E-state index in [-0.39, 0.29) is 18.6 Å². The van der Waals surface area contributed by atoms with Crippen molar-refractivity contribution in [3.63, 3.8) is 0 Å². The van der Waals surface area contributed by atoms with Crippen molar-refractivity contribution >= 4 is 5.97 Å². The van der Waals surface area contributed by atoms with Gasteiger partial charge in [-0.25, -0.2) is 0 Å². The number of carbonyl (C=O) groups is 1. The Kier molecular flexibility index (Phi) is 11.6. The molecule has 2 bridgehead atoms. The molecule has 2 aliphatic rings. The highest BCUT2D eigenvalue weighted by Crippen LogP contribution is 2.44. The van der Waals surface area contributed by atoms with Crippen molar-refractivity contribution in [2.75, 3.05) is 0 Å². The van der Waals surface area contributed by atoms with Crippen molar-refractivity contribution < 1.29 is 24.5 Å². The highest BCUT2D eigenvalue weighted by Gasteiger charge is 2.54. The van der Waals surface area contributed by atoms with Crippen molar-refractivity contribution in [1.82, 2.24) is 0 Å². The summed E-state index contributed by atoms with van der Waals surface area (Å²) in [5, 5.41) is 19.2. The fraction of sp³-hybridized carbons (Fsp3) is 0.958. The molecule has 0 radical (unpaired) electrons. The van der Waals surface area contributed by atoms with Gasteiger partial charge in [-0.05, 0) is 32.1 Å². The normalized spacial score (nSPS) is 28.7. The maximum Gasteiger partial charge on any atom is 0.303 e. The Labute approximate surface area is 177 Å². The number of aliphatic hydroxyl groups is 1. The lowest BCUT2D eigenvalue weighted by Gasteiger charge is -2.36. The molecule has 0 unspecified atom stereocenters. The van der Waals surface area contributed by atoms with E-state index in [0.29, 0.717) is 0 Å². The van der Waals surface area contributed by atoms with Gasteiger partial charge in [0.25, 0.3) is 0 Å². The molecule has 0 saturated carbocycles. The summed E-state index contributed by atoms with van der Waals surface area (Å²) in [6.07, 6.45) is 18.8. The van der Waals surface area contributed by atoms with Crippen LogP contribution in [0.25, 0.3) is 0 Å². The second kappa shape index (κ2) is 13.6. The summed E-state index contributed by atoms with van der Waals surface area (Å²) in [4.78, 5) is 10.5. The first-order chi connectivity index (χ1) is 14.1. The molecule has 2 saturated heterocycles. The molecule has 5 heteroatoms. The lowest BCUT2D eigenvalue weighted by atomic mass is 9.94. The van der Waals surface area contributed by atoms with Gasteiger partial charge >= 0.3 is 5.97 Å². The molecule has 2 rings (SSSR count). The highest BCUT2D eigenvalue weighted by molar-refractivity contribution is 5.66. The number of carboxylic acid groups (broad SMARTS) is 1. The van der Waals surface area contributed by atoms with E-state index in [1.54, 1.807) is 0 Å². The number of aliphatic hydroxyl groups excluding tert-OH is 1. The topological polar surface area (TPSA) is 76.0 Å². The first-order valence-electron chi connectivity index (χ1n) is 12.3. The zero-order chi connectivity index (χ0) is 21.0. The average molecular weight is 413 g/mol. The quantitative estimate of drug-likeness (QED) is 0.288. The van der Waals surface area contributed by atoms with Crippen LogP contribution >= 0.6 is 0 Å².